The van der Waals surface area contributed by atoms with E-state index in [0.717, 1.165) is 5.65 Å². The molecule has 0 spiro atoms. The molecule has 2 aromatic heterocycles. The summed E-state index contributed by atoms with van der Waals surface area (Å²) in [5, 5.41) is 0. The van der Waals surface area contributed by atoms with Crippen molar-refractivity contribution in [2.45, 2.75) is 60.9 Å². The van der Waals surface area contributed by atoms with Crippen LogP contribution in [0.4, 0.5) is 0 Å². The zero-order valence-corrected chi connectivity index (χ0v) is 17.4. The Morgan fingerprint density at radius 1 is 1.15 bits per heavy atom. The van der Waals surface area contributed by atoms with E-state index in [4.69, 9.17) is 0 Å². The van der Waals surface area contributed by atoms with Crippen LogP contribution in [0.1, 0.15) is 64.1 Å². The molecule has 0 radical (unpaired) electrons. The number of likely N-dealkylation sites (N-methyl/N-ethyl adjacent to an activating group) is 1. The summed E-state index contributed by atoms with van der Waals surface area (Å²) in [5.74, 6) is 0.167. The van der Waals surface area contributed by atoms with Gasteiger partial charge in [-0.15, -0.1) is 0 Å². The largest absolute Gasteiger partial charge is 0.330 e. The molecule has 2 heterocycles. The van der Waals surface area contributed by atoms with Gasteiger partial charge < -0.3 is 4.90 Å². The number of ketones is 1. The molecule has 0 aliphatic carbocycles. The van der Waals surface area contributed by atoms with Crippen molar-refractivity contribution in [2.75, 3.05) is 7.05 Å². The normalized spacial score (nSPS) is 12.1. The quantitative estimate of drug-likeness (QED) is 0.769. The fraction of sp³-hybridized carbons (Fsp3) is 0.571. The molecule has 0 saturated carbocycles. The Morgan fingerprint density at radius 3 is 2.31 bits per heavy atom. The third-order valence-corrected chi connectivity index (χ3v) is 4.29. The van der Waals surface area contributed by atoms with E-state index in [1.165, 1.54) is 0 Å². The monoisotopic (exact) mass is 359 g/mol. The molecule has 0 aliphatic heterocycles. The number of amides is 1. The number of hydrogen-bond donors (Lipinski definition) is 0. The predicted octanol–water partition coefficient (Wildman–Crippen LogP) is 4.38. The lowest BCUT2D eigenvalue weighted by molar-refractivity contribution is -0.126. The number of aryl methyl sites for hydroxylation is 1. The second-order valence-corrected chi connectivity index (χ2v) is 7.09. The number of rotatable bonds is 6. The number of Topliss-reactive ketones (excluding diaryl/α,β-unsaturated/α-hetero) is 1. The van der Waals surface area contributed by atoms with Gasteiger partial charge in [0, 0.05) is 19.2 Å². The van der Waals surface area contributed by atoms with Gasteiger partial charge in [-0.1, -0.05) is 47.6 Å². The summed E-state index contributed by atoms with van der Waals surface area (Å²) in [5.41, 5.74) is 1.94. The molecule has 2 rings (SSSR count). The lowest BCUT2D eigenvalue weighted by Gasteiger charge is -2.29. The van der Waals surface area contributed by atoms with Gasteiger partial charge in [0.15, 0.2) is 5.78 Å². The number of aromatic nitrogens is 2. The van der Waals surface area contributed by atoms with Gasteiger partial charge in [-0.3, -0.25) is 14.0 Å². The Morgan fingerprint density at radius 2 is 1.77 bits per heavy atom. The highest BCUT2D eigenvalue weighted by Crippen LogP contribution is 2.20. The van der Waals surface area contributed by atoms with Crippen LogP contribution in [0.25, 0.3) is 5.65 Å². The zero-order valence-electron chi connectivity index (χ0n) is 17.4. The fourth-order valence-corrected chi connectivity index (χ4v) is 2.98. The highest BCUT2D eigenvalue weighted by molar-refractivity contribution is 5.98. The first-order valence-electron chi connectivity index (χ1n) is 9.48. The molecule has 5 heteroatoms. The molecule has 26 heavy (non-hydrogen) atoms. The van der Waals surface area contributed by atoms with E-state index in [0.29, 0.717) is 23.7 Å². The van der Waals surface area contributed by atoms with Gasteiger partial charge in [0.2, 0.25) is 0 Å². The van der Waals surface area contributed by atoms with E-state index in [9.17, 15) is 9.59 Å². The maximum Gasteiger partial charge on any atom is 0.273 e. The first-order valence-corrected chi connectivity index (χ1v) is 9.48. The van der Waals surface area contributed by atoms with Gasteiger partial charge in [0.05, 0.1) is 11.7 Å². The standard InChI is InChI=1S/C19H27N3O2.C2H6/c1-12(2)11-15(18(23)13(3)4)21(6)19(24)17-14(5)20-16-9-7-8-10-22(16)17;1-2/h7-10,12-13,15H,11H2,1-6H3;1-2H3/t15-;/m1./s1. The summed E-state index contributed by atoms with van der Waals surface area (Å²) >= 11 is 0. The van der Waals surface area contributed by atoms with Gasteiger partial charge in [0.25, 0.3) is 5.91 Å². The van der Waals surface area contributed by atoms with Crippen molar-refractivity contribution in [3.05, 3.63) is 35.8 Å². The Bertz CT molecular complexity index is 747. The average molecular weight is 360 g/mol. The Kier molecular flexibility index (Phi) is 8.00. The Labute approximate surface area is 157 Å². The van der Waals surface area contributed by atoms with E-state index >= 15 is 0 Å². The van der Waals surface area contributed by atoms with Gasteiger partial charge in [-0.05, 0) is 31.4 Å². The summed E-state index contributed by atoms with van der Waals surface area (Å²) in [6, 6.07) is 5.22. The number of pyridine rings is 1. The number of carbonyl (C=O) groups excluding carboxylic acids is 2. The van der Waals surface area contributed by atoms with Crippen LogP contribution in [0.15, 0.2) is 24.4 Å². The highest BCUT2D eigenvalue weighted by atomic mass is 16.2. The summed E-state index contributed by atoms with van der Waals surface area (Å²) in [4.78, 5) is 31.8. The SMILES string of the molecule is CC.Cc1nc2ccccn2c1C(=O)N(C)[C@H](CC(C)C)C(=O)C(C)C. The maximum atomic E-state index is 13.1. The molecule has 0 N–H and O–H groups in total. The second-order valence-electron chi connectivity index (χ2n) is 7.09. The third kappa shape index (κ3) is 4.71. The number of hydrogen-bond acceptors (Lipinski definition) is 3. The van der Waals surface area contributed by atoms with Crippen molar-refractivity contribution in [1.82, 2.24) is 14.3 Å². The molecule has 0 fully saturated rings. The minimum absolute atomic E-state index is 0.103. The van der Waals surface area contributed by atoms with Crippen LogP contribution in [0, 0.1) is 18.8 Å². The Balaban J connectivity index is 0.00000163. The minimum Gasteiger partial charge on any atom is -0.330 e. The predicted molar refractivity (Wildman–Crippen MR) is 106 cm³/mol. The molecule has 2 aromatic rings. The molecule has 0 saturated heterocycles. The molecule has 5 nitrogen and oxygen atoms in total. The average Bonchev–Trinajstić information content (AvgIpc) is 2.95. The van der Waals surface area contributed by atoms with Crippen molar-refractivity contribution in [2.24, 2.45) is 11.8 Å². The Hall–Kier alpha value is -2.17. The summed E-state index contributed by atoms with van der Waals surface area (Å²) in [6.07, 6.45) is 2.49. The van der Waals surface area contributed by atoms with Crippen LogP contribution in [0.2, 0.25) is 0 Å². The summed E-state index contributed by atoms with van der Waals surface area (Å²) < 4.78 is 1.79. The molecule has 144 valence electrons. The summed E-state index contributed by atoms with van der Waals surface area (Å²) in [6.45, 7) is 13.7. The highest BCUT2D eigenvalue weighted by Gasteiger charge is 2.31. The van der Waals surface area contributed by atoms with E-state index in [-0.39, 0.29) is 17.6 Å². The first-order chi connectivity index (χ1) is 12.2. The van der Waals surface area contributed by atoms with Crippen LogP contribution >= 0.6 is 0 Å². The lowest BCUT2D eigenvalue weighted by Crippen LogP contribution is -2.45. The van der Waals surface area contributed by atoms with E-state index in [1.54, 1.807) is 16.3 Å². The van der Waals surface area contributed by atoms with Crippen molar-refractivity contribution in [3.8, 4) is 0 Å². The topological polar surface area (TPSA) is 54.7 Å². The van der Waals surface area contributed by atoms with E-state index in [2.05, 4.69) is 18.8 Å². The smallest absolute Gasteiger partial charge is 0.273 e. The maximum absolute atomic E-state index is 13.1. The van der Waals surface area contributed by atoms with Gasteiger partial charge in [0.1, 0.15) is 11.3 Å². The van der Waals surface area contributed by atoms with Gasteiger partial charge in [-0.2, -0.15) is 0 Å². The van der Waals surface area contributed by atoms with Crippen molar-refractivity contribution in [1.29, 1.82) is 0 Å². The molecular formula is C21H33N3O2. The van der Waals surface area contributed by atoms with Crippen molar-refractivity contribution in [3.63, 3.8) is 0 Å². The third-order valence-electron chi connectivity index (χ3n) is 4.29. The number of carbonyl (C=O) groups is 2. The van der Waals surface area contributed by atoms with Gasteiger partial charge >= 0.3 is 0 Å². The lowest BCUT2D eigenvalue weighted by atomic mass is 9.93. The summed E-state index contributed by atoms with van der Waals surface area (Å²) in [7, 11) is 1.72. The number of fused-ring (bicyclic) bond motifs is 1. The van der Waals surface area contributed by atoms with Crippen molar-refractivity contribution >= 4 is 17.3 Å². The molecule has 0 aliphatic rings. The molecule has 0 aromatic carbocycles. The molecule has 0 bridgehead atoms. The first kappa shape index (κ1) is 21.9. The van der Waals surface area contributed by atoms with Crippen molar-refractivity contribution < 1.29 is 9.59 Å². The molecule has 1 amide bonds. The van der Waals surface area contributed by atoms with Crippen LogP contribution < -0.4 is 0 Å². The zero-order chi connectivity index (χ0) is 20.0. The minimum atomic E-state index is -0.411. The van der Waals surface area contributed by atoms with Gasteiger partial charge in [-0.25, -0.2) is 4.98 Å². The van der Waals surface area contributed by atoms with E-state index in [1.807, 2.05) is 59.0 Å². The van der Waals surface area contributed by atoms with Crippen LogP contribution in [-0.4, -0.2) is 39.1 Å². The molecular weight excluding hydrogens is 326 g/mol. The number of imidazole rings is 1. The molecule has 1 atom stereocenters. The second kappa shape index (κ2) is 9.51. The van der Waals surface area contributed by atoms with Crippen LogP contribution in [0.3, 0.4) is 0 Å². The molecule has 0 unspecified atom stereocenters. The van der Waals surface area contributed by atoms with Crippen LogP contribution in [0.5, 0.6) is 0 Å². The number of nitrogens with zero attached hydrogens (tertiary/aromatic N) is 3. The van der Waals surface area contributed by atoms with Crippen LogP contribution in [-0.2, 0) is 4.79 Å². The van der Waals surface area contributed by atoms with E-state index < -0.39 is 6.04 Å². The fourth-order valence-electron chi connectivity index (χ4n) is 2.98.